The lowest BCUT2D eigenvalue weighted by atomic mass is 9.99. The minimum absolute atomic E-state index is 0.0199. The molecule has 0 bridgehead atoms. The van der Waals surface area contributed by atoms with Crippen molar-refractivity contribution >= 4 is 17.7 Å². The number of aryl methyl sites for hydroxylation is 1. The van der Waals surface area contributed by atoms with E-state index in [0.717, 1.165) is 6.42 Å². The van der Waals surface area contributed by atoms with Crippen LogP contribution in [0.4, 0.5) is 5.82 Å². The molecule has 0 spiro atoms. The molecule has 1 amide bonds. The fourth-order valence-electron chi connectivity index (χ4n) is 1.45. The van der Waals surface area contributed by atoms with E-state index in [1.54, 1.807) is 7.05 Å². The molecule has 18 heavy (non-hydrogen) atoms. The molecule has 0 aromatic carbocycles. The second-order valence-corrected chi connectivity index (χ2v) is 4.24. The zero-order valence-corrected chi connectivity index (χ0v) is 10.7. The summed E-state index contributed by atoms with van der Waals surface area (Å²) in [6.07, 6.45) is 1.96. The van der Waals surface area contributed by atoms with E-state index in [1.807, 2.05) is 13.8 Å². The molecule has 100 valence electrons. The number of nitrogens with two attached hydrogens (primary N) is 1. The van der Waals surface area contributed by atoms with Crippen molar-refractivity contribution in [3.63, 3.8) is 0 Å². The number of nitrogens with one attached hydrogen (secondary N) is 1. The normalized spacial score (nSPS) is 14.0. The Bertz CT molecular complexity index is 455. The van der Waals surface area contributed by atoms with Crippen molar-refractivity contribution in [2.45, 2.75) is 26.3 Å². The van der Waals surface area contributed by atoms with Gasteiger partial charge in [-0.05, 0) is 5.92 Å². The van der Waals surface area contributed by atoms with Crippen LogP contribution in [0.2, 0.25) is 0 Å². The molecule has 1 rings (SSSR count). The molecule has 4 N–H and O–H groups in total. The zero-order chi connectivity index (χ0) is 13.9. The highest BCUT2D eigenvalue weighted by Gasteiger charge is 2.23. The zero-order valence-electron chi connectivity index (χ0n) is 10.7. The van der Waals surface area contributed by atoms with Gasteiger partial charge in [0.05, 0.1) is 12.2 Å². The maximum absolute atomic E-state index is 11.9. The van der Waals surface area contributed by atoms with E-state index < -0.39 is 17.9 Å². The lowest BCUT2D eigenvalue weighted by Gasteiger charge is -2.17. The van der Waals surface area contributed by atoms with E-state index in [1.165, 1.54) is 10.9 Å². The van der Waals surface area contributed by atoms with Crippen LogP contribution in [0, 0.1) is 5.92 Å². The summed E-state index contributed by atoms with van der Waals surface area (Å²) in [5.41, 5.74) is 5.72. The second-order valence-electron chi connectivity index (χ2n) is 4.24. The Labute approximate surface area is 105 Å². The van der Waals surface area contributed by atoms with Crippen molar-refractivity contribution in [1.29, 1.82) is 0 Å². The van der Waals surface area contributed by atoms with E-state index >= 15 is 0 Å². The number of aromatic carboxylic acids is 1. The number of carbonyl (C=O) groups excluding carboxylic acids is 1. The summed E-state index contributed by atoms with van der Waals surface area (Å²) >= 11 is 0. The Morgan fingerprint density at radius 1 is 1.61 bits per heavy atom. The van der Waals surface area contributed by atoms with Gasteiger partial charge in [-0.2, -0.15) is 5.10 Å². The number of hydrogen-bond donors (Lipinski definition) is 3. The lowest BCUT2D eigenvalue weighted by Crippen LogP contribution is -2.41. The summed E-state index contributed by atoms with van der Waals surface area (Å²) in [6, 6.07) is -0.674. The highest BCUT2D eigenvalue weighted by atomic mass is 16.4. The van der Waals surface area contributed by atoms with Crippen LogP contribution < -0.4 is 11.1 Å². The van der Waals surface area contributed by atoms with Crippen LogP contribution in [0.5, 0.6) is 0 Å². The van der Waals surface area contributed by atoms with Crippen molar-refractivity contribution in [3.8, 4) is 0 Å². The van der Waals surface area contributed by atoms with Crippen molar-refractivity contribution in [2.75, 3.05) is 5.32 Å². The first kappa shape index (κ1) is 14.2. The summed E-state index contributed by atoms with van der Waals surface area (Å²) in [5, 5.41) is 15.3. The predicted octanol–water partition coefficient (Wildman–Crippen LogP) is 0.430. The topological polar surface area (TPSA) is 110 Å². The Morgan fingerprint density at radius 2 is 2.22 bits per heavy atom. The van der Waals surface area contributed by atoms with Gasteiger partial charge in [-0.1, -0.05) is 20.3 Å². The number of amides is 1. The van der Waals surface area contributed by atoms with Crippen molar-refractivity contribution in [2.24, 2.45) is 18.7 Å². The van der Waals surface area contributed by atoms with Crippen LogP contribution >= 0.6 is 0 Å². The smallest absolute Gasteiger partial charge is 0.341 e. The molecule has 1 aromatic rings. The first-order chi connectivity index (χ1) is 8.38. The third-order valence-corrected chi connectivity index (χ3v) is 2.97. The molecule has 0 aliphatic heterocycles. The fourth-order valence-corrected chi connectivity index (χ4v) is 1.45. The molecular weight excluding hydrogens is 236 g/mol. The number of rotatable bonds is 5. The molecule has 2 atom stereocenters. The molecule has 7 heteroatoms. The van der Waals surface area contributed by atoms with Gasteiger partial charge in [0.2, 0.25) is 5.91 Å². The van der Waals surface area contributed by atoms with Crippen LogP contribution in [-0.4, -0.2) is 32.8 Å². The van der Waals surface area contributed by atoms with E-state index in [2.05, 4.69) is 10.4 Å². The van der Waals surface area contributed by atoms with Gasteiger partial charge in [0.15, 0.2) is 0 Å². The van der Waals surface area contributed by atoms with Gasteiger partial charge in [0, 0.05) is 7.05 Å². The standard InChI is InChI=1S/C11H18N4O3/c1-4-6(2)8(12)10(16)14-9-7(11(17)18)5-13-15(9)3/h5-6,8H,4,12H2,1-3H3,(H,14,16)(H,17,18)/t6?,8-/m0/s1. The monoisotopic (exact) mass is 254 g/mol. The molecule has 0 fully saturated rings. The van der Waals surface area contributed by atoms with Gasteiger partial charge in [0.25, 0.3) is 0 Å². The van der Waals surface area contributed by atoms with Crippen molar-refractivity contribution in [3.05, 3.63) is 11.8 Å². The van der Waals surface area contributed by atoms with E-state index in [4.69, 9.17) is 10.8 Å². The van der Waals surface area contributed by atoms with Crippen molar-refractivity contribution in [1.82, 2.24) is 9.78 Å². The maximum Gasteiger partial charge on any atom is 0.341 e. The Kier molecular flexibility index (Phi) is 4.43. The van der Waals surface area contributed by atoms with Crippen LogP contribution in [0.15, 0.2) is 6.20 Å². The van der Waals surface area contributed by atoms with Crippen LogP contribution in [0.25, 0.3) is 0 Å². The van der Waals surface area contributed by atoms with Gasteiger partial charge >= 0.3 is 5.97 Å². The number of anilines is 1. The Hall–Kier alpha value is -1.89. The number of carboxylic acid groups (broad SMARTS) is 1. The first-order valence-corrected chi connectivity index (χ1v) is 5.70. The molecule has 1 aromatic heterocycles. The van der Waals surface area contributed by atoms with Crippen LogP contribution in [0.3, 0.4) is 0 Å². The van der Waals surface area contributed by atoms with E-state index in [0.29, 0.717) is 0 Å². The Balaban J connectivity index is 2.88. The van der Waals surface area contributed by atoms with Crippen molar-refractivity contribution < 1.29 is 14.7 Å². The average molecular weight is 254 g/mol. The molecule has 0 aliphatic carbocycles. The molecule has 0 radical (unpaired) electrons. The minimum atomic E-state index is -1.14. The first-order valence-electron chi connectivity index (χ1n) is 5.70. The number of nitrogens with zero attached hydrogens (tertiary/aromatic N) is 2. The molecule has 1 unspecified atom stereocenters. The second kappa shape index (κ2) is 5.63. The van der Waals surface area contributed by atoms with Gasteiger partial charge in [-0.25, -0.2) is 4.79 Å². The highest BCUT2D eigenvalue weighted by molar-refractivity contribution is 6.01. The van der Waals surface area contributed by atoms with Gasteiger partial charge < -0.3 is 16.2 Å². The van der Waals surface area contributed by atoms with Gasteiger partial charge in [0.1, 0.15) is 11.4 Å². The average Bonchev–Trinajstić information content (AvgIpc) is 2.69. The number of aromatic nitrogens is 2. The minimum Gasteiger partial charge on any atom is -0.477 e. The number of carbonyl (C=O) groups is 2. The molecule has 1 heterocycles. The van der Waals surface area contributed by atoms with E-state index in [-0.39, 0.29) is 17.3 Å². The SMILES string of the molecule is CCC(C)[C@H](N)C(=O)Nc1c(C(=O)O)cnn1C. The molecule has 0 saturated carbocycles. The van der Waals surface area contributed by atoms with Crippen LogP contribution in [0.1, 0.15) is 30.6 Å². The number of carboxylic acids is 1. The lowest BCUT2D eigenvalue weighted by molar-refractivity contribution is -0.118. The molecule has 7 nitrogen and oxygen atoms in total. The highest BCUT2D eigenvalue weighted by Crippen LogP contribution is 2.15. The van der Waals surface area contributed by atoms with Crippen LogP contribution in [-0.2, 0) is 11.8 Å². The van der Waals surface area contributed by atoms with Gasteiger partial charge in [-0.3, -0.25) is 9.48 Å². The predicted molar refractivity (Wildman–Crippen MR) is 66.2 cm³/mol. The summed E-state index contributed by atoms with van der Waals surface area (Å²) in [7, 11) is 1.55. The molecule has 0 saturated heterocycles. The maximum atomic E-state index is 11.9. The van der Waals surface area contributed by atoms with E-state index in [9.17, 15) is 9.59 Å². The van der Waals surface area contributed by atoms with Gasteiger partial charge in [-0.15, -0.1) is 0 Å². The molecular formula is C11H18N4O3. The fraction of sp³-hybridized carbons (Fsp3) is 0.545. The summed E-state index contributed by atoms with van der Waals surface area (Å²) in [6.45, 7) is 3.80. The summed E-state index contributed by atoms with van der Waals surface area (Å²) in [5.74, 6) is -1.39. The quantitative estimate of drug-likeness (QED) is 0.705. The third-order valence-electron chi connectivity index (χ3n) is 2.97. The summed E-state index contributed by atoms with van der Waals surface area (Å²) < 4.78 is 1.30. The largest absolute Gasteiger partial charge is 0.477 e. The third kappa shape index (κ3) is 2.86. The summed E-state index contributed by atoms with van der Waals surface area (Å²) in [4.78, 5) is 22.8. The molecule has 0 aliphatic rings. The number of hydrogen-bond acceptors (Lipinski definition) is 4. The Morgan fingerprint density at radius 3 is 2.72 bits per heavy atom.